The standard InChI is InChI=1S/C17H25N5OS.C2H6/c1-3-5-11-10-12(22-7-4-6-21(2)8-9-22)20-17-13(11)14(18)15(24-17)16(19)23;1-2/h10H,3-9,18H2,1-2H3,(H2,19,23);1-2H3. The molecule has 0 unspecified atom stereocenters. The third-order valence-electron chi connectivity index (χ3n) is 4.55. The molecule has 1 aliphatic heterocycles. The van der Waals surface area contributed by atoms with E-state index >= 15 is 0 Å². The second-order valence-electron chi connectivity index (χ2n) is 6.42. The van der Waals surface area contributed by atoms with Gasteiger partial charge in [0.25, 0.3) is 5.91 Å². The molecule has 26 heavy (non-hydrogen) atoms. The number of amides is 1. The summed E-state index contributed by atoms with van der Waals surface area (Å²) in [6, 6.07) is 2.14. The Morgan fingerprint density at radius 2 is 2.00 bits per heavy atom. The molecule has 1 fully saturated rings. The second-order valence-corrected chi connectivity index (χ2v) is 7.42. The molecule has 1 saturated heterocycles. The number of aryl methyl sites for hydroxylation is 1. The number of aromatic nitrogens is 1. The van der Waals surface area contributed by atoms with Crippen LogP contribution in [0.2, 0.25) is 0 Å². The van der Waals surface area contributed by atoms with Crippen LogP contribution in [0, 0.1) is 0 Å². The maximum Gasteiger partial charge on any atom is 0.260 e. The fraction of sp³-hybridized carbons (Fsp3) is 0.579. The van der Waals surface area contributed by atoms with Gasteiger partial charge in [-0.1, -0.05) is 27.2 Å². The van der Waals surface area contributed by atoms with Gasteiger partial charge in [-0.15, -0.1) is 11.3 Å². The fourth-order valence-corrected chi connectivity index (χ4v) is 4.26. The number of nitrogen functional groups attached to an aromatic ring is 1. The van der Waals surface area contributed by atoms with E-state index in [0.717, 1.165) is 67.0 Å². The lowest BCUT2D eigenvalue weighted by Crippen LogP contribution is -2.29. The molecule has 3 heterocycles. The summed E-state index contributed by atoms with van der Waals surface area (Å²) in [6.45, 7) is 10.2. The first-order chi connectivity index (χ1) is 12.5. The molecule has 0 radical (unpaired) electrons. The molecule has 0 atom stereocenters. The summed E-state index contributed by atoms with van der Waals surface area (Å²) >= 11 is 1.31. The Hall–Kier alpha value is -1.86. The number of hydrogen-bond acceptors (Lipinski definition) is 6. The minimum Gasteiger partial charge on any atom is -0.397 e. The summed E-state index contributed by atoms with van der Waals surface area (Å²) < 4.78 is 0. The van der Waals surface area contributed by atoms with Crippen LogP contribution in [0.3, 0.4) is 0 Å². The molecular weight excluding hydrogens is 346 g/mol. The summed E-state index contributed by atoms with van der Waals surface area (Å²) in [6.07, 6.45) is 3.06. The number of fused-ring (bicyclic) bond motifs is 1. The molecule has 0 aromatic carbocycles. The highest BCUT2D eigenvalue weighted by Crippen LogP contribution is 2.37. The van der Waals surface area contributed by atoms with Crippen LogP contribution in [0.1, 0.15) is 48.8 Å². The van der Waals surface area contributed by atoms with Crippen molar-refractivity contribution in [2.75, 3.05) is 43.9 Å². The molecule has 0 saturated carbocycles. The molecule has 0 aliphatic carbocycles. The minimum absolute atomic E-state index is 0.419. The van der Waals surface area contributed by atoms with E-state index in [0.29, 0.717) is 10.6 Å². The first-order valence-corrected chi connectivity index (χ1v) is 10.3. The number of anilines is 2. The van der Waals surface area contributed by atoms with Gasteiger partial charge in [0.05, 0.1) is 5.69 Å². The Morgan fingerprint density at radius 3 is 2.65 bits per heavy atom. The van der Waals surface area contributed by atoms with E-state index in [1.54, 1.807) is 0 Å². The molecule has 6 nitrogen and oxygen atoms in total. The third kappa shape index (κ3) is 4.27. The van der Waals surface area contributed by atoms with Crippen LogP contribution in [0.4, 0.5) is 11.5 Å². The number of thiophene rings is 1. The summed E-state index contributed by atoms with van der Waals surface area (Å²) in [7, 11) is 2.15. The molecule has 1 aliphatic rings. The van der Waals surface area contributed by atoms with Gasteiger partial charge in [-0.05, 0) is 38.1 Å². The molecule has 144 valence electrons. The first-order valence-electron chi connectivity index (χ1n) is 9.46. The molecular formula is C19H31N5OS. The summed E-state index contributed by atoms with van der Waals surface area (Å²) in [5, 5.41) is 0.909. The van der Waals surface area contributed by atoms with Crippen LogP contribution in [0.5, 0.6) is 0 Å². The number of pyridine rings is 1. The Morgan fingerprint density at radius 1 is 1.27 bits per heavy atom. The molecule has 1 amide bonds. The van der Waals surface area contributed by atoms with E-state index in [4.69, 9.17) is 16.5 Å². The molecule has 0 spiro atoms. The van der Waals surface area contributed by atoms with Crippen molar-refractivity contribution >= 4 is 39.0 Å². The number of rotatable bonds is 4. The number of hydrogen-bond donors (Lipinski definition) is 2. The van der Waals surface area contributed by atoms with Crippen LogP contribution in [0.25, 0.3) is 10.2 Å². The van der Waals surface area contributed by atoms with Crippen molar-refractivity contribution in [3.05, 3.63) is 16.5 Å². The third-order valence-corrected chi connectivity index (χ3v) is 5.67. The molecule has 2 aromatic heterocycles. The maximum absolute atomic E-state index is 11.6. The van der Waals surface area contributed by atoms with Gasteiger partial charge in [-0.3, -0.25) is 4.79 Å². The van der Waals surface area contributed by atoms with Crippen LogP contribution in [-0.2, 0) is 6.42 Å². The van der Waals surface area contributed by atoms with Crippen LogP contribution in [-0.4, -0.2) is 49.0 Å². The second kappa shape index (κ2) is 9.19. The Bertz CT molecular complexity index is 758. The summed E-state index contributed by atoms with van der Waals surface area (Å²) in [4.78, 5) is 22.4. The predicted molar refractivity (Wildman–Crippen MR) is 112 cm³/mol. The minimum atomic E-state index is -0.476. The highest BCUT2D eigenvalue weighted by molar-refractivity contribution is 7.21. The molecule has 7 heteroatoms. The molecule has 3 rings (SSSR count). The van der Waals surface area contributed by atoms with Crippen LogP contribution < -0.4 is 16.4 Å². The van der Waals surface area contributed by atoms with Crippen molar-refractivity contribution in [2.45, 2.75) is 40.0 Å². The number of carbonyl (C=O) groups excluding carboxylic acids is 1. The SMILES string of the molecule is CC.CCCc1cc(N2CCCN(C)CC2)nc2sc(C(N)=O)c(N)c12. The number of likely N-dealkylation sites (N-methyl/N-ethyl adjacent to an activating group) is 1. The maximum atomic E-state index is 11.6. The van der Waals surface area contributed by atoms with Crippen molar-refractivity contribution in [3.63, 3.8) is 0 Å². The number of primary amides is 1. The van der Waals surface area contributed by atoms with Gasteiger partial charge in [0.1, 0.15) is 15.5 Å². The lowest BCUT2D eigenvalue weighted by Gasteiger charge is -2.22. The fourth-order valence-electron chi connectivity index (χ4n) is 3.27. The van der Waals surface area contributed by atoms with E-state index in [-0.39, 0.29) is 0 Å². The van der Waals surface area contributed by atoms with E-state index < -0.39 is 5.91 Å². The van der Waals surface area contributed by atoms with Crippen LogP contribution in [0.15, 0.2) is 6.07 Å². The smallest absolute Gasteiger partial charge is 0.260 e. The van der Waals surface area contributed by atoms with Gasteiger partial charge >= 0.3 is 0 Å². The van der Waals surface area contributed by atoms with Crippen molar-refractivity contribution in [1.29, 1.82) is 0 Å². The van der Waals surface area contributed by atoms with Gasteiger partial charge < -0.3 is 21.3 Å². The zero-order chi connectivity index (χ0) is 19.3. The number of nitrogens with two attached hydrogens (primary N) is 2. The van der Waals surface area contributed by atoms with Gasteiger partial charge in [0, 0.05) is 25.0 Å². The monoisotopic (exact) mass is 377 g/mol. The van der Waals surface area contributed by atoms with Crippen molar-refractivity contribution in [3.8, 4) is 0 Å². The van der Waals surface area contributed by atoms with Crippen LogP contribution >= 0.6 is 11.3 Å². The molecule has 2 aromatic rings. The van der Waals surface area contributed by atoms with Gasteiger partial charge in [-0.2, -0.15) is 0 Å². The summed E-state index contributed by atoms with van der Waals surface area (Å²) in [5.74, 6) is 0.509. The van der Waals surface area contributed by atoms with E-state index in [9.17, 15) is 4.79 Å². The Balaban J connectivity index is 0.00000117. The van der Waals surface area contributed by atoms with Crippen molar-refractivity contribution in [2.24, 2.45) is 5.73 Å². The van der Waals surface area contributed by atoms with E-state index in [1.165, 1.54) is 11.3 Å². The number of nitrogens with zero attached hydrogens (tertiary/aromatic N) is 3. The normalized spacial score (nSPS) is 15.5. The van der Waals surface area contributed by atoms with E-state index in [1.807, 2.05) is 13.8 Å². The van der Waals surface area contributed by atoms with Gasteiger partial charge in [0.15, 0.2) is 0 Å². The van der Waals surface area contributed by atoms with Gasteiger partial charge in [0.2, 0.25) is 0 Å². The zero-order valence-corrected chi connectivity index (χ0v) is 17.2. The predicted octanol–water partition coefficient (Wildman–Crippen LogP) is 3.10. The lowest BCUT2D eigenvalue weighted by atomic mass is 10.1. The van der Waals surface area contributed by atoms with Crippen molar-refractivity contribution < 1.29 is 4.79 Å². The largest absolute Gasteiger partial charge is 0.397 e. The van der Waals surface area contributed by atoms with E-state index in [2.05, 4.69) is 29.8 Å². The molecule has 4 N–H and O–H groups in total. The average molecular weight is 378 g/mol. The highest BCUT2D eigenvalue weighted by Gasteiger charge is 2.21. The Labute approximate surface area is 160 Å². The highest BCUT2D eigenvalue weighted by atomic mass is 32.1. The Kier molecular flexibility index (Phi) is 7.23. The lowest BCUT2D eigenvalue weighted by molar-refractivity contribution is 0.100. The topological polar surface area (TPSA) is 88.5 Å². The zero-order valence-electron chi connectivity index (χ0n) is 16.3. The first kappa shape index (κ1) is 20.5. The van der Waals surface area contributed by atoms with Gasteiger partial charge in [-0.25, -0.2) is 4.98 Å². The summed E-state index contributed by atoms with van der Waals surface area (Å²) in [5.41, 5.74) is 13.3. The molecule has 0 bridgehead atoms. The van der Waals surface area contributed by atoms with Crippen molar-refractivity contribution in [1.82, 2.24) is 9.88 Å². The quantitative estimate of drug-likeness (QED) is 0.855. The average Bonchev–Trinajstić information content (AvgIpc) is 2.81. The number of carbonyl (C=O) groups is 1.